The molecule has 144 valence electrons. The molecule has 0 fully saturated rings. The highest BCUT2D eigenvalue weighted by molar-refractivity contribution is 6.00. The van der Waals surface area contributed by atoms with Gasteiger partial charge in [0.1, 0.15) is 0 Å². The third kappa shape index (κ3) is 4.11. The molecule has 3 aromatic rings. The Balaban J connectivity index is 1.73. The van der Waals surface area contributed by atoms with Crippen molar-refractivity contribution in [3.05, 3.63) is 77.1 Å². The Morgan fingerprint density at radius 2 is 1.64 bits per heavy atom. The number of hydrogen-bond donors (Lipinski definition) is 1. The fourth-order valence-corrected chi connectivity index (χ4v) is 3.09. The molecule has 0 saturated heterocycles. The molecular weight excluding hydrogens is 352 g/mol. The number of likely N-dealkylation sites (N-methyl/N-ethyl adjacent to an activating group) is 1. The number of carbonyl (C=O) groups is 2. The predicted octanol–water partition coefficient (Wildman–Crippen LogP) is 3.51. The quantitative estimate of drug-likeness (QED) is 0.741. The highest BCUT2D eigenvalue weighted by Gasteiger charge is 2.23. The number of nitrogens with one attached hydrogen (secondary N) is 1. The summed E-state index contributed by atoms with van der Waals surface area (Å²) >= 11 is 0. The summed E-state index contributed by atoms with van der Waals surface area (Å²) in [5, 5.41) is 7.32. The molecule has 0 aliphatic carbocycles. The summed E-state index contributed by atoms with van der Waals surface area (Å²) in [6, 6.07) is 17.2. The van der Waals surface area contributed by atoms with Crippen molar-refractivity contribution in [2.24, 2.45) is 0 Å². The van der Waals surface area contributed by atoms with E-state index < -0.39 is 0 Å². The van der Waals surface area contributed by atoms with Crippen LogP contribution in [0.5, 0.6) is 0 Å². The molecule has 0 aliphatic heterocycles. The number of rotatable bonds is 5. The number of aromatic nitrogens is 2. The lowest BCUT2D eigenvalue weighted by molar-refractivity contribution is -0.116. The van der Waals surface area contributed by atoms with Gasteiger partial charge in [0, 0.05) is 12.7 Å². The Morgan fingerprint density at radius 1 is 1.00 bits per heavy atom. The van der Waals surface area contributed by atoms with Crippen molar-refractivity contribution in [3.8, 4) is 5.69 Å². The summed E-state index contributed by atoms with van der Waals surface area (Å²) in [6.45, 7) is 5.61. The first-order valence-electron chi connectivity index (χ1n) is 9.10. The number of anilines is 1. The normalized spacial score (nSPS) is 10.6. The van der Waals surface area contributed by atoms with Crippen molar-refractivity contribution >= 4 is 17.5 Å². The largest absolute Gasteiger partial charge is 0.332 e. The van der Waals surface area contributed by atoms with Gasteiger partial charge in [-0.25, -0.2) is 4.68 Å². The molecule has 2 amide bonds. The first kappa shape index (κ1) is 19.4. The Labute approximate surface area is 164 Å². The maximum Gasteiger partial charge on any atom is 0.257 e. The lowest BCUT2D eigenvalue weighted by Gasteiger charge is -2.17. The highest BCUT2D eigenvalue weighted by atomic mass is 16.2. The molecule has 0 unspecified atom stereocenters. The average molecular weight is 376 g/mol. The van der Waals surface area contributed by atoms with Crippen molar-refractivity contribution in [1.82, 2.24) is 14.7 Å². The Hall–Kier alpha value is -3.41. The number of para-hydroxylation sites is 1. The predicted molar refractivity (Wildman–Crippen MR) is 110 cm³/mol. The van der Waals surface area contributed by atoms with E-state index in [0.29, 0.717) is 16.9 Å². The molecule has 6 nitrogen and oxygen atoms in total. The third-order valence-electron chi connectivity index (χ3n) is 4.57. The van der Waals surface area contributed by atoms with E-state index >= 15 is 0 Å². The summed E-state index contributed by atoms with van der Waals surface area (Å²) < 4.78 is 1.75. The summed E-state index contributed by atoms with van der Waals surface area (Å²) in [7, 11) is 1.62. The molecule has 3 rings (SSSR count). The van der Waals surface area contributed by atoms with Gasteiger partial charge in [-0.2, -0.15) is 5.10 Å². The van der Waals surface area contributed by atoms with E-state index in [-0.39, 0.29) is 18.4 Å². The summed E-state index contributed by atoms with van der Waals surface area (Å²) in [5.74, 6) is -0.471. The zero-order valence-electron chi connectivity index (χ0n) is 16.6. The highest BCUT2D eigenvalue weighted by Crippen LogP contribution is 2.19. The third-order valence-corrected chi connectivity index (χ3v) is 4.57. The molecule has 28 heavy (non-hydrogen) atoms. The number of aryl methyl sites for hydroxylation is 2. The minimum absolute atomic E-state index is 0.0396. The zero-order valence-corrected chi connectivity index (χ0v) is 16.6. The topological polar surface area (TPSA) is 67.2 Å². The molecule has 0 radical (unpaired) electrons. The van der Waals surface area contributed by atoms with E-state index in [4.69, 9.17) is 0 Å². The maximum atomic E-state index is 13.0. The Morgan fingerprint density at radius 3 is 2.29 bits per heavy atom. The molecule has 0 spiro atoms. The molecule has 2 aromatic carbocycles. The van der Waals surface area contributed by atoms with E-state index in [1.54, 1.807) is 18.7 Å². The summed E-state index contributed by atoms with van der Waals surface area (Å²) in [4.78, 5) is 26.7. The summed E-state index contributed by atoms with van der Waals surface area (Å²) in [6.07, 6.45) is 0. The van der Waals surface area contributed by atoms with Crippen LogP contribution in [0.25, 0.3) is 5.69 Å². The van der Waals surface area contributed by atoms with Crippen LogP contribution in [0.3, 0.4) is 0 Å². The van der Waals surface area contributed by atoms with E-state index in [1.165, 1.54) is 4.90 Å². The monoisotopic (exact) mass is 376 g/mol. The van der Waals surface area contributed by atoms with Gasteiger partial charge in [0.15, 0.2) is 0 Å². The van der Waals surface area contributed by atoms with Crippen LogP contribution in [-0.4, -0.2) is 40.1 Å². The number of benzene rings is 2. The Bertz CT molecular complexity index is 991. The van der Waals surface area contributed by atoms with Crippen LogP contribution >= 0.6 is 0 Å². The van der Waals surface area contributed by atoms with Crippen LogP contribution in [0.15, 0.2) is 54.6 Å². The molecule has 0 bridgehead atoms. The number of nitrogens with zero attached hydrogens (tertiary/aromatic N) is 3. The molecule has 6 heteroatoms. The fraction of sp³-hybridized carbons (Fsp3) is 0.227. The smallest absolute Gasteiger partial charge is 0.257 e. The minimum atomic E-state index is -0.245. The van der Waals surface area contributed by atoms with Gasteiger partial charge in [0.25, 0.3) is 5.91 Å². The SMILES string of the molecule is Cc1ccc(NC(=O)CN(C)C(=O)c2c(C)nn(-c3ccccc3)c2C)cc1. The van der Waals surface area contributed by atoms with Crippen LogP contribution < -0.4 is 5.32 Å². The lowest BCUT2D eigenvalue weighted by atomic mass is 10.1. The second-order valence-electron chi connectivity index (χ2n) is 6.87. The van der Waals surface area contributed by atoms with Crippen LogP contribution in [-0.2, 0) is 4.79 Å². The van der Waals surface area contributed by atoms with E-state index in [2.05, 4.69) is 10.4 Å². The summed E-state index contributed by atoms with van der Waals surface area (Å²) in [5.41, 5.74) is 4.63. The number of carbonyl (C=O) groups excluding carboxylic acids is 2. The second kappa shape index (κ2) is 8.08. The van der Waals surface area contributed by atoms with Gasteiger partial charge in [-0.1, -0.05) is 35.9 Å². The molecule has 0 saturated carbocycles. The van der Waals surface area contributed by atoms with Crippen LogP contribution in [0, 0.1) is 20.8 Å². The maximum absolute atomic E-state index is 13.0. The van der Waals surface area contributed by atoms with Gasteiger partial charge < -0.3 is 10.2 Å². The lowest BCUT2D eigenvalue weighted by Crippen LogP contribution is -2.35. The van der Waals surface area contributed by atoms with Crippen LogP contribution in [0.1, 0.15) is 27.3 Å². The molecule has 1 heterocycles. The molecule has 1 aromatic heterocycles. The first-order chi connectivity index (χ1) is 13.4. The molecule has 0 aliphatic rings. The Kier molecular flexibility index (Phi) is 5.59. The van der Waals surface area contributed by atoms with E-state index in [9.17, 15) is 9.59 Å². The van der Waals surface area contributed by atoms with Gasteiger partial charge in [-0.05, 0) is 45.0 Å². The standard InChI is InChI=1S/C22H24N4O2/c1-15-10-12-18(13-11-15)23-20(27)14-25(4)22(28)21-16(2)24-26(17(21)3)19-8-6-5-7-9-19/h5-13H,14H2,1-4H3,(H,23,27). The van der Waals surface area contributed by atoms with Crippen molar-refractivity contribution in [2.75, 3.05) is 18.9 Å². The van der Waals surface area contributed by atoms with Crippen molar-refractivity contribution < 1.29 is 9.59 Å². The van der Waals surface area contributed by atoms with Crippen molar-refractivity contribution in [1.29, 1.82) is 0 Å². The van der Waals surface area contributed by atoms with Crippen LogP contribution in [0.4, 0.5) is 5.69 Å². The average Bonchev–Trinajstić information content (AvgIpc) is 2.98. The second-order valence-corrected chi connectivity index (χ2v) is 6.87. The number of amides is 2. The molecule has 1 N–H and O–H groups in total. The number of hydrogen-bond acceptors (Lipinski definition) is 3. The fourth-order valence-electron chi connectivity index (χ4n) is 3.09. The van der Waals surface area contributed by atoms with E-state index in [0.717, 1.165) is 16.9 Å². The van der Waals surface area contributed by atoms with Crippen LogP contribution in [0.2, 0.25) is 0 Å². The zero-order chi connectivity index (χ0) is 20.3. The van der Waals surface area contributed by atoms with Crippen molar-refractivity contribution in [2.45, 2.75) is 20.8 Å². The van der Waals surface area contributed by atoms with E-state index in [1.807, 2.05) is 68.4 Å². The van der Waals surface area contributed by atoms with Gasteiger partial charge in [-0.3, -0.25) is 9.59 Å². The van der Waals surface area contributed by atoms with Gasteiger partial charge in [0.2, 0.25) is 5.91 Å². The van der Waals surface area contributed by atoms with Gasteiger partial charge >= 0.3 is 0 Å². The van der Waals surface area contributed by atoms with Crippen molar-refractivity contribution in [3.63, 3.8) is 0 Å². The first-order valence-corrected chi connectivity index (χ1v) is 9.10. The van der Waals surface area contributed by atoms with Gasteiger partial charge in [0.05, 0.1) is 29.2 Å². The molecular formula is C22H24N4O2. The minimum Gasteiger partial charge on any atom is -0.332 e. The van der Waals surface area contributed by atoms with Gasteiger partial charge in [-0.15, -0.1) is 0 Å². The molecule has 0 atom stereocenters.